The summed E-state index contributed by atoms with van der Waals surface area (Å²) in [6, 6.07) is 5.04. The smallest absolute Gasteiger partial charge is 0.496 e. The maximum atomic E-state index is 12.2. The van der Waals surface area contributed by atoms with Gasteiger partial charge in [0.25, 0.3) is 0 Å². The zero-order valence-corrected chi connectivity index (χ0v) is 20.6. The summed E-state index contributed by atoms with van der Waals surface area (Å²) in [5.74, 6) is 2.77. The molecular formula is C20H27N3O9PS+. The van der Waals surface area contributed by atoms with Gasteiger partial charge in [0.2, 0.25) is 0 Å². The molecule has 0 aliphatic carbocycles. The van der Waals surface area contributed by atoms with Crippen LogP contribution in [0.25, 0.3) is 0 Å². The molecule has 1 aliphatic heterocycles. The molecule has 186 valence electrons. The molecule has 0 saturated carbocycles. The first-order valence-corrected chi connectivity index (χ1v) is 12.4. The highest BCUT2D eigenvalue weighted by Crippen LogP contribution is 2.37. The van der Waals surface area contributed by atoms with Crippen LogP contribution in [0.1, 0.15) is 18.2 Å². The molecule has 1 saturated heterocycles. The van der Waals surface area contributed by atoms with Crippen molar-refractivity contribution < 1.29 is 37.7 Å². The molecule has 0 spiro atoms. The van der Waals surface area contributed by atoms with Crippen LogP contribution in [0.15, 0.2) is 29.2 Å². The van der Waals surface area contributed by atoms with Crippen LogP contribution in [0, 0.1) is 0 Å². The Kier molecular flexibility index (Phi) is 9.51. The first-order valence-electron chi connectivity index (χ1n) is 10.1. The third kappa shape index (κ3) is 6.59. The van der Waals surface area contributed by atoms with Gasteiger partial charge in [0, 0.05) is 40.6 Å². The van der Waals surface area contributed by atoms with Crippen LogP contribution >= 0.6 is 20.0 Å². The first kappa shape index (κ1) is 26.2. The number of nitrogen functional groups attached to an aromatic ring is 1. The van der Waals surface area contributed by atoms with Crippen molar-refractivity contribution in [1.82, 2.24) is 9.55 Å². The second kappa shape index (κ2) is 12.3. The SMILES string of the molecule is COc1cc(OC)c(CSCO[C@H]2C[C@H](n3ccc(N)nc3=O)O[C@@H]2CO[P+](=O)O)c(OC)c1. The van der Waals surface area contributed by atoms with E-state index in [0.717, 1.165) is 5.56 Å². The van der Waals surface area contributed by atoms with E-state index in [2.05, 4.69) is 4.98 Å². The van der Waals surface area contributed by atoms with Gasteiger partial charge in [0.15, 0.2) is 0 Å². The molecule has 0 amide bonds. The fraction of sp³-hybridized carbons (Fsp3) is 0.500. The van der Waals surface area contributed by atoms with E-state index < -0.39 is 32.4 Å². The van der Waals surface area contributed by atoms with E-state index in [1.54, 1.807) is 33.5 Å². The summed E-state index contributed by atoms with van der Waals surface area (Å²) in [5, 5.41) is 0. The van der Waals surface area contributed by atoms with E-state index >= 15 is 0 Å². The van der Waals surface area contributed by atoms with Crippen LogP contribution in [0.3, 0.4) is 0 Å². The quantitative estimate of drug-likeness (QED) is 0.241. The molecule has 0 bridgehead atoms. The van der Waals surface area contributed by atoms with E-state index in [9.17, 15) is 9.36 Å². The van der Waals surface area contributed by atoms with Crippen LogP contribution in [-0.2, 0) is 24.3 Å². The zero-order valence-electron chi connectivity index (χ0n) is 18.9. The monoisotopic (exact) mass is 516 g/mol. The van der Waals surface area contributed by atoms with E-state index in [1.807, 2.05) is 0 Å². The molecule has 0 radical (unpaired) electrons. The number of rotatable bonds is 12. The lowest BCUT2D eigenvalue weighted by atomic mass is 10.2. The van der Waals surface area contributed by atoms with Crippen molar-refractivity contribution in [3.63, 3.8) is 0 Å². The maximum absolute atomic E-state index is 12.2. The minimum Gasteiger partial charge on any atom is -0.496 e. The molecule has 2 heterocycles. The Labute approximate surface area is 201 Å². The van der Waals surface area contributed by atoms with Crippen LogP contribution in [0.5, 0.6) is 17.2 Å². The fourth-order valence-corrected chi connectivity index (χ4v) is 4.60. The van der Waals surface area contributed by atoms with Gasteiger partial charge in [0.05, 0.1) is 33.4 Å². The zero-order chi connectivity index (χ0) is 24.7. The van der Waals surface area contributed by atoms with Crippen molar-refractivity contribution in [3.05, 3.63) is 40.4 Å². The largest absolute Gasteiger partial charge is 0.694 e. The first-order chi connectivity index (χ1) is 16.4. The van der Waals surface area contributed by atoms with Gasteiger partial charge < -0.3 is 29.4 Å². The highest BCUT2D eigenvalue weighted by molar-refractivity contribution is 7.98. The van der Waals surface area contributed by atoms with Gasteiger partial charge in [-0.15, -0.1) is 21.2 Å². The molecule has 1 aliphatic rings. The third-order valence-electron chi connectivity index (χ3n) is 5.12. The number of hydrogen-bond donors (Lipinski definition) is 2. The fourth-order valence-electron chi connectivity index (χ4n) is 3.48. The number of anilines is 1. The van der Waals surface area contributed by atoms with Gasteiger partial charge in [-0.25, -0.2) is 4.79 Å². The van der Waals surface area contributed by atoms with Crippen molar-refractivity contribution in [2.45, 2.75) is 30.6 Å². The van der Waals surface area contributed by atoms with Crippen LogP contribution < -0.4 is 25.6 Å². The standard InChI is InChI=1S/C20H26N3O9PS/c1-27-12-6-14(28-2)13(15(7-12)29-3)10-34-11-30-16-8-19(32-17(16)9-31-33(25)26)23-5-4-18(21)22-20(23)24/h4-7,16-17,19H,8-11H2,1-3H3,(H2-,21,22,24,25,26)/p+1/t16-,17+,19+/m0/s1. The number of benzene rings is 1. The van der Waals surface area contributed by atoms with Gasteiger partial charge in [-0.05, 0) is 6.07 Å². The van der Waals surface area contributed by atoms with Crippen molar-refractivity contribution in [3.8, 4) is 17.2 Å². The molecule has 4 atom stereocenters. The molecule has 1 aromatic heterocycles. The van der Waals surface area contributed by atoms with Crippen LogP contribution in [0.4, 0.5) is 5.82 Å². The highest BCUT2D eigenvalue weighted by atomic mass is 32.2. The maximum Gasteiger partial charge on any atom is 0.694 e. The highest BCUT2D eigenvalue weighted by Gasteiger charge is 2.39. The minimum atomic E-state index is -2.80. The molecule has 3 rings (SSSR count). The predicted molar refractivity (Wildman–Crippen MR) is 124 cm³/mol. The number of hydrogen-bond acceptors (Lipinski definition) is 11. The summed E-state index contributed by atoms with van der Waals surface area (Å²) in [4.78, 5) is 24.9. The lowest BCUT2D eigenvalue weighted by Crippen LogP contribution is -2.29. The van der Waals surface area contributed by atoms with Gasteiger partial charge in [0.1, 0.15) is 42.0 Å². The number of thioether (sulfide) groups is 1. The van der Waals surface area contributed by atoms with Gasteiger partial charge in [-0.2, -0.15) is 4.98 Å². The van der Waals surface area contributed by atoms with E-state index in [-0.39, 0.29) is 18.4 Å². The average Bonchev–Trinajstić information content (AvgIpc) is 3.22. The number of aromatic nitrogens is 2. The molecular weight excluding hydrogens is 489 g/mol. The molecule has 3 N–H and O–H groups in total. The summed E-state index contributed by atoms with van der Waals surface area (Å²) in [6.07, 6.45) is -0.0262. The van der Waals surface area contributed by atoms with Crippen molar-refractivity contribution in [2.24, 2.45) is 0 Å². The Morgan fingerprint density at radius 2 is 1.97 bits per heavy atom. The summed E-state index contributed by atoms with van der Waals surface area (Å²) in [5.41, 5.74) is 5.83. The second-order valence-corrected chi connectivity index (χ2v) is 8.79. The Bertz CT molecular complexity index is 1030. The molecule has 1 fully saturated rings. The molecule has 1 unspecified atom stereocenters. The van der Waals surface area contributed by atoms with Gasteiger partial charge in [-0.1, -0.05) is 0 Å². The Balaban J connectivity index is 1.65. The lowest BCUT2D eigenvalue weighted by molar-refractivity contribution is -0.0509. The Hall–Kier alpha value is -2.41. The minimum absolute atomic E-state index is 0.102. The second-order valence-electron chi connectivity index (χ2n) is 7.12. The lowest BCUT2D eigenvalue weighted by Gasteiger charge is -2.17. The third-order valence-corrected chi connectivity index (χ3v) is 6.29. The summed E-state index contributed by atoms with van der Waals surface area (Å²) >= 11 is 1.47. The molecule has 34 heavy (non-hydrogen) atoms. The molecule has 2 aromatic rings. The summed E-state index contributed by atoms with van der Waals surface area (Å²) in [6.45, 7) is -0.172. The van der Waals surface area contributed by atoms with Crippen LogP contribution in [0.2, 0.25) is 0 Å². The topological polar surface area (TPSA) is 154 Å². The normalized spacial score (nSPS) is 20.2. The summed E-state index contributed by atoms with van der Waals surface area (Å²) < 4.78 is 45.2. The van der Waals surface area contributed by atoms with Gasteiger partial charge >= 0.3 is 13.9 Å². The Morgan fingerprint density at radius 1 is 1.26 bits per heavy atom. The number of nitrogens with two attached hydrogens (primary N) is 1. The van der Waals surface area contributed by atoms with E-state index in [1.165, 1.54) is 28.6 Å². The van der Waals surface area contributed by atoms with Crippen molar-refractivity contribution in [1.29, 1.82) is 0 Å². The Morgan fingerprint density at radius 3 is 2.56 bits per heavy atom. The van der Waals surface area contributed by atoms with E-state index in [0.29, 0.717) is 29.4 Å². The number of nitrogens with zero attached hydrogens (tertiary/aromatic N) is 2. The predicted octanol–water partition coefficient (Wildman–Crippen LogP) is 2.08. The average molecular weight is 516 g/mol. The molecule has 14 heteroatoms. The van der Waals surface area contributed by atoms with Crippen molar-refractivity contribution in [2.75, 3.05) is 39.6 Å². The van der Waals surface area contributed by atoms with E-state index in [4.69, 9.17) is 38.8 Å². The summed E-state index contributed by atoms with van der Waals surface area (Å²) in [7, 11) is 1.90. The van der Waals surface area contributed by atoms with Crippen LogP contribution in [-0.4, -0.2) is 60.5 Å². The van der Waals surface area contributed by atoms with Crippen molar-refractivity contribution >= 4 is 25.8 Å². The molecule has 1 aromatic carbocycles. The molecule has 12 nitrogen and oxygen atoms in total. The number of ether oxygens (including phenoxy) is 5. The van der Waals surface area contributed by atoms with Gasteiger partial charge in [-0.3, -0.25) is 4.57 Å². The number of methoxy groups -OCH3 is 3.